The van der Waals surface area contributed by atoms with Gasteiger partial charge in [0.05, 0.1) is 21.0 Å². The fourth-order valence-electron chi connectivity index (χ4n) is 1.66. The van der Waals surface area contributed by atoms with E-state index in [9.17, 15) is 4.79 Å². The second kappa shape index (κ2) is 7.78. The third kappa shape index (κ3) is 4.90. The smallest absolute Gasteiger partial charge is 0.238 e. The monoisotopic (exact) mass is 372 g/mol. The largest absolute Gasteiger partial charge is 0.324 e. The van der Waals surface area contributed by atoms with Gasteiger partial charge in [-0.05, 0) is 46.6 Å². The molecule has 1 aromatic heterocycles. The summed E-state index contributed by atoms with van der Waals surface area (Å²) in [6.07, 6.45) is 0.912. The van der Waals surface area contributed by atoms with E-state index in [0.29, 0.717) is 10.7 Å². The third-order valence-corrected chi connectivity index (χ3v) is 4.62. The van der Waals surface area contributed by atoms with Gasteiger partial charge in [0.1, 0.15) is 0 Å². The molecule has 0 atom stereocenters. The molecular weight excluding hydrogens is 360 g/mol. The van der Waals surface area contributed by atoms with Gasteiger partial charge in [-0.1, -0.05) is 23.7 Å². The van der Waals surface area contributed by atoms with Crippen LogP contribution in [-0.4, -0.2) is 19.0 Å². The van der Waals surface area contributed by atoms with Crippen molar-refractivity contribution in [3.05, 3.63) is 50.1 Å². The standard InChI is InChI=1S/C14H14BrClN2OS/c15-13-6-5-10(20-13)7-8-17-9-14(19)18-12-4-2-1-3-11(12)16/h1-6,17H,7-9H2,(H,18,19). The maximum absolute atomic E-state index is 11.7. The lowest BCUT2D eigenvalue weighted by Gasteiger charge is -2.07. The summed E-state index contributed by atoms with van der Waals surface area (Å²) in [6, 6.07) is 11.3. The molecule has 2 rings (SSSR count). The molecule has 20 heavy (non-hydrogen) atoms. The Morgan fingerprint density at radius 3 is 2.75 bits per heavy atom. The van der Waals surface area contributed by atoms with E-state index in [2.05, 4.69) is 32.6 Å². The van der Waals surface area contributed by atoms with Crippen molar-refractivity contribution >= 4 is 50.5 Å². The highest BCUT2D eigenvalue weighted by molar-refractivity contribution is 9.11. The summed E-state index contributed by atoms with van der Waals surface area (Å²) >= 11 is 11.1. The lowest BCUT2D eigenvalue weighted by atomic mass is 10.3. The molecule has 1 aromatic carbocycles. The highest BCUT2D eigenvalue weighted by atomic mass is 79.9. The zero-order valence-electron chi connectivity index (χ0n) is 10.7. The zero-order valence-corrected chi connectivity index (χ0v) is 13.8. The Morgan fingerprint density at radius 1 is 1.25 bits per heavy atom. The van der Waals surface area contributed by atoms with E-state index < -0.39 is 0 Å². The van der Waals surface area contributed by atoms with Crippen LogP contribution in [0, 0.1) is 0 Å². The maximum atomic E-state index is 11.7. The topological polar surface area (TPSA) is 41.1 Å². The molecule has 0 spiro atoms. The van der Waals surface area contributed by atoms with Gasteiger partial charge in [0.15, 0.2) is 0 Å². The molecule has 1 amide bonds. The van der Waals surface area contributed by atoms with Crippen molar-refractivity contribution in [3.63, 3.8) is 0 Å². The fraction of sp³-hybridized carbons (Fsp3) is 0.214. The summed E-state index contributed by atoms with van der Waals surface area (Å²) in [4.78, 5) is 13.0. The Bertz CT molecular complexity index is 588. The van der Waals surface area contributed by atoms with E-state index in [1.54, 1.807) is 23.5 Å². The molecule has 0 saturated carbocycles. The highest BCUT2D eigenvalue weighted by Crippen LogP contribution is 2.22. The van der Waals surface area contributed by atoms with Gasteiger partial charge in [-0.25, -0.2) is 0 Å². The first-order valence-electron chi connectivity index (χ1n) is 6.14. The van der Waals surface area contributed by atoms with Gasteiger partial charge in [-0.15, -0.1) is 11.3 Å². The normalized spacial score (nSPS) is 10.5. The number of hydrogen-bond donors (Lipinski definition) is 2. The lowest BCUT2D eigenvalue weighted by molar-refractivity contribution is -0.115. The van der Waals surface area contributed by atoms with Crippen LogP contribution in [0.5, 0.6) is 0 Å². The molecule has 0 saturated heterocycles. The van der Waals surface area contributed by atoms with Crippen molar-refractivity contribution in [1.29, 1.82) is 0 Å². The number of nitrogens with one attached hydrogen (secondary N) is 2. The zero-order chi connectivity index (χ0) is 14.4. The average molecular weight is 374 g/mol. The molecule has 0 aliphatic rings. The van der Waals surface area contributed by atoms with Crippen molar-refractivity contribution < 1.29 is 4.79 Å². The summed E-state index contributed by atoms with van der Waals surface area (Å²) in [5, 5.41) is 6.44. The molecular formula is C14H14BrClN2OS. The number of para-hydroxylation sites is 1. The van der Waals surface area contributed by atoms with E-state index in [1.165, 1.54) is 4.88 Å². The van der Waals surface area contributed by atoms with Crippen LogP contribution in [0.15, 0.2) is 40.2 Å². The number of carbonyl (C=O) groups is 1. The van der Waals surface area contributed by atoms with Crippen molar-refractivity contribution in [2.45, 2.75) is 6.42 Å². The van der Waals surface area contributed by atoms with Crippen LogP contribution in [0.4, 0.5) is 5.69 Å². The van der Waals surface area contributed by atoms with E-state index in [-0.39, 0.29) is 12.5 Å². The molecule has 106 valence electrons. The number of carbonyl (C=O) groups excluding carboxylic acids is 1. The summed E-state index contributed by atoms with van der Waals surface area (Å²) in [6.45, 7) is 1.04. The molecule has 1 heterocycles. The Kier molecular flexibility index (Phi) is 6.04. The minimum atomic E-state index is -0.0922. The fourth-order valence-corrected chi connectivity index (χ4v) is 3.32. The van der Waals surface area contributed by atoms with Gasteiger partial charge >= 0.3 is 0 Å². The van der Waals surface area contributed by atoms with Gasteiger partial charge in [-0.2, -0.15) is 0 Å². The summed E-state index contributed by atoms with van der Waals surface area (Å²) in [5.74, 6) is -0.0922. The van der Waals surface area contributed by atoms with E-state index in [0.717, 1.165) is 16.8 Å². The first-order valence-corrected chi connectivity index (χ1v) is 8.13. The summed E-state index contributed by atoms with van der Waals surface area (Å²) in [7, 11) is 0. The predicted octanol–water partition coefficient (Wildman–Crippen LogP) is 3.93. The molecule has 2 aromatic rings. The van der Waals surface area contributed by atoms with Gasteiger partial charge in [0.2, 0.25) is 5.91 Å². The van der Waals surface area contributed by atoms with Crippen LogP contribution in [0.2, 0.25) is 5.02 Å². The minimum Gasteiger partial charge on any atom is -0.324 e. The van der Waals surface area contributed by atoms with Crippen LogP contribution in [0.25, 0.3) is 0 Å². The Labute approximate surface area is 135 Å². The number of thiophene rings is 1. The molecule has 0 unspecified atom stereocenters. The molecule has 0 bridgehead atoms. The minimum absolute atomic E-state index is 0.0922. The van der Waals surface area contributed by atoms with Crippen molar-refractivity contribution in [3.8, 4) is 0 Å². The first kappa shape index (κ1) is 15.5. The number of benzene rings is 1. The molecule has 2 N–H and O–H groups in total. The van der Waals surface area contributed by atoms with Crippen LogP contribution >= 0.6 is 38.9 Å². The number of rotatable bonds is 6. The van der Waals surface area contributed by atoms with Crippen LogP contribution in [0.3, 0.4) is 0 Å². The van der Waals surface area contributed by atoms with Crippen LogP contribution in [0.1, 0.15) is 4.88 Å². The molecule has 6 heteroatoms. The van der Waals surface area contributed by atoms with Crippen molar-refractivity contribution in [2.24, 2.45) is 0 Å². The Hall–Kier alpha value is -0.880. The lowest BCUT2D eigenvalue weighted by Crippen LogP contribution is -2.29. The highest BCUT2D eigenvalue weighted by Gasteiger charge is 2.04. The Morgan fingerprint density at radius 2 is 2.05 bits per heavy atom. The third-order valence-electron chi connectivity index (χ3n) is 2.61. The van der Waals surface area contributed by atoms with Gasteiger partial charge in [0.25, 0.3) is 0 Å². The molecule has 0 radical (unpaired) electrons. The van der Waals surface area contributed by atoms with Crippen LogP contribution in [-0.2, 0) is 11.2 Å². The van der Waals surface area contributed by atoms with Crippen molar-refractivity contribution in [2.75, 3.05) is 18.4 Å². The van der Waals surface area contributed by atoms with Crippen molar-refractivity contribution in [1.82, 2.24) is 5.32 Å². The van der Waals surface area contributed by atoms with Gasteiger partial charge in [-0.3, -0.25) is 4.79 Å². The summed E-state index contributed by atoms with van der Waals surface area (Å²) < 4.78 is 1.13. The molecule has 3 nitrogen and oxygen atoms in total. The number of halogens is 2. The quantitative estimate of drug-likeness (QED) is 0.753. The SMILES string of the molecule is O=C(CNCCc1ccc(Br)s1)Nc1ccccc1Cl. The Balaban J connectivity index is 1.69. The average Bonchev–Trinajstić information content (AvgIpc) is 2.83. The number of hydrogen-bond acceptors (Lipinski definition) is 3. The molecule has 0 aliphatic carbocycles. The maximum Gasteiger partial charge on any atom is 0.238 e. The van der Waals surface area contributed by atoms with Gasteiger partial charge < -0.3 is 10.6 Å². The van der Waals surface area contributed by atoms with E-state index >= 15 is 0 Å². The summed E-state index contributed by atoms with van der Waals surface area (Å²) in [5.41, 5.74) is 0.642. The molecule has 0 aliphatic heterocycles. The van der Waals surface area contributed by atoms with E-state index in [4.69, 9.17) is 11.6 Å². The predicted molar refractivity (Wildman–Crippen MR) is 88.7 cm³/mol. The van der Waals surface area contributed by atoms with E-state index in [1.807, 2.05) is 18.2 Å². The second-order valence-corrected chi connectivity index (χ2v) is 7.12. The van der Waals surface area contributed by atoms with Crippen LogP contribution < -0.4 is 10.6 Å². The molecule has 0 fully saturated rings. The number of amides is 1. The second-order valence-electron chi connectivity index (χ2n) is 4.16. The van der Waals surface area contributed by atoms with Gasteiger partial charge in [0, 0.05) is 11.4 Å². The number of anilines is 1. The first-order chi connectivity index (χ1) is 9.65.